The monoisotopic (exact) mass is 328 g/mol. The maximum Gasteiger partial charge on any atom is 0.330 e. The first-order valence-electron chi connectivity index (χ1n) is 8.06. The van der Waals surface area contributed by atoms with Crippen molar-refractivity contribution in [1.82, 2.24) is 0 Å². The third-order valence-electron chi connectivity index (χ3n) is 3.11. The molecule has 4 nitrogen and oxygen atoms in total. The Labute approximate surface area is 143 Å². The fourth-order valence-corrected chi connectivity index (χ4v) is 1.95. The van der Waals surface area contributed by atoms with Crippen molar-refractivity contribution in [2.75, 3.05) is 6.61 Å². The van der Waals surface area contributed by atoms with E-state index in [-0.39, 0.29) is 11.5 Å². The number of carbonyl (C=O) groups is 1. The normalized spacial score (nSPS) is 10.1. The Morgan fingerprint density at radius 3 is 2.42 bits per heavy atom. The van der Waals surface area contributed by atoms with E-state index in [0.717, 1.165) is 12.8 Å². The summed E-state index contributed by atoms with van der Waals surface area (Å²) < 4.78 is 5.10. The number of carbonyl (C=O) groups excluding carboxylic acids is 1. The molecule has 2 N–H and O–H groups in total. The average Bonchev–Trinajstić information content (AvgIpc) is 2.62. The van der Waals surface area contributed by atoms with Crippen LogP contribution in [-0.4, -0.2) is 22.8 Å². The molecule has 0 aliphatic carbocycles. The second-order valence-corrected chi connectivity index (χ2v) is 4.84. The molecule has 0 radical (unpaired) electrons. The molecule has 0 aliphatic heterocycles. The third-order valence-corrected chi connectivity index (χ3v) is 3.11. The van der Waals surface area contributed by atoms with E-state index in [1.165, 1.54) is 29.8 Å². The van der Waals surface area contributed by atoms with Crippen molar-refractivity contribution in [2.45, 2.75) is 26.7 Å². The number of aromatic hydroxyl groups is 2. The minimum absolute atomic E-state index is 0.194. The van der Waals surface area contributed by atoms with Crippen LogP contribution < -0.4 is 0 Å². The molecule has 0 unspecified atom stereocenters. The average molecular weight is 328 g/mol. The quantitative estimate of drug-likeness (QED) is 0.359. The highest BCUT2D eigenvalue weighted by molar-refractivity contribution is 5.87. The maximum atomic E-state index is 11.6. The van der Waals surface area contributed by atoms with E-state index in [1.807, 2.05) is 44.2 Å². The fraction of sp³-hybridized carbons (Fsp3) is 0.250. The molecule has 0 aromatic heterocycles. The van der Waals surface area contributed by atoms with Gasteiger partial charge in [-0.1, -0.05) is 50.2 Å². The molecule has 2 rings (SSSR count). The zero-order valence-electron chi connectivity index (χ0n) is 14.1. The number of benzene rings is 2. The summed E-state index contributed by atoms with van der Waals surface area (Å²) in [4.78, 5) is 11.6. The number of esters is 1. The molecule has 0 heterocycles. The number of rotatable bonds is 6. The first-order valence-corrected chi connectivity index (χ1v) is 8.06. The van der Waals surface area contributed by atoms with E-state index < -0.39 is 5.97 Å². The number of ether oxygens (including phenoxy) is 1. The van der Waals surface area contributed by atoms with Gasteiger partial charge in [0.25, 0.3) is 0 Å². The molecule has 0 atom stereocenters. The Hall–Kier alpha value is -2.75. The van der Waals surface area contributed by atoms with Crippen molar-refractivity contribution in [3.05, 3.63) is 65.7 Å². The molecule has 0 saturated carbocycles. The van der Waals surface area contributed by atoms with Gasteiger partial charge in [0, 0.05) is 6.08 Å². The van der Waals surface area contributed by atoms with E-state index >= 15 is 0 Å². The van der Waals surface area contributed by atoms with Crippen LogP contribution in [-0.2, 0) is 16.0 Å². The van der Waals surface area contributed by atoms with Gasteiger partial charge in [-0.25, -0.2) is 4.79 Å². The van der Waals surface area contributed by atoms with Crippen molar-refractivity contribution in [3.8, 4) is 11.5 Å². The highest BCUT2D eigenvalue weighted by atomic mass is 16.5. The summed E-state index contributed by atoms with van der Waals surface area (Å²) in [7, 11) is 0. The summed E-state index contributed by atoms with van der Waals surface area (Å²) in [5.74, 6) is -0.848. The zero-order valence-corrected chi connectivity index (χ0v) is 14.1. The van der Waals surface area contributed by atoms with Crippen LogP contribution in [0.5, 0.6) is 11.5 Å². The lowest BCUT2D eigenvalue weighted by Crippen LogP contribution is -2.03. The third kappa shape index (κ3) is 7.01. The van der Waals surface area contributed by atoms with Gasteiger partial charge >= 0.3 is 5.97 Å². The van der Waals surface area contributed by atoms with Gasteiger partial charge < -0.3 is 14.9 Å². The van der Waals surface area contributed by atoms with Gasteiger partial charge in [0.05, 0.1) is 6.61 Å². The summed E-state index contributed by atoms with van der Waals surface area (Å²) in [6.45, 7) is 4.36. The van der Waals surface area contributed by atoms with Crippen molar-refractivity contribution in [1.29, 1.82) is 0 Å². The van der Waals surface area contributed by atoms with Crippen LogP contribution in [0.25, 0.3) is 6.08 Å². The standard InChI is InChI=1S/C18H18O4.C2H6/c19-16-10-8-15(13-17(16)20)9-11-18(21)22-12-4-7-14-5-2-1-3-6-14;1-2/h1-3,5-6,8-11,13,19-20H,4,7,12H2;1-2H3/b11-9+;. The topological polar surface area (TPSA) is 66.8 Å². The van der Waals surface area contributed by atoms with Crippen molar-refractivity contribution in [3.63, 3.8) is 0 Å². The SMILES string of the molecule is CC.O=C(/C=C/c1ccc(O)c(O)c1)OCCCc1ccccc1. The predicted molar refractivity (Wildman–Crippen MR) is 95.9 cm³/mol. The molecule has 2 aromatic carbocycles. The van der Waals surface area contributed by atoms with Gasteiger partial charge in [0.15, 0.2) is 11.5 Å². The van der Waals surface area contributed by atoms with Gasteiger partial charge in [0.1, 0.15) is 0 Å². The zero-order chi connectivity index (χ0) is 17.8. The molecule has 0 fully saturated rings. The second-order valence-electron chi connectivity index (χ2n) is 4.84. The number of hydrogen-bond donors (Lipinski definition) is 2. The Morgan fingerprint density at radius 1 is 1.04 bits per heavy atom. The molecule has 0 aliphatic rings. The largest absolute Gasteiger partial charge is 0.504 e. The molecule has 0 bridgehead atoms. The van der Waals surface area contributed by atoms with Crippen LogP contribution in [0.2, 0.25) is 0 Å². The van der Waals surface area contributed by atoms with E-state index in [4.69, 9.17) is 4.74 Å². The Kier molecular flexibility index (Phi) is 8.76. The van der Waals surface area contributed by atoms with Crippen LogP contribution >= 0.6 is 0 Å². The van der Waals surface area contributed by atoms with Crippen molar-refractivity contribution in [2.24, 2.45) is 0 Å². The summed E-state index contributed by atoms with van der Waals surface area (Å²) >= 11 is 0. The van der Waals surface area contributed by atoms with E-state index in [0.29, 0.717) is 12.2 Å². The highest BCUT2D eigenvalue weighted by Gasteiger charge is 2.00. The smallest absolute Gasteiger partial charge is 0.330 e. The fourth-order valence-electron chi connectivity index (χ4n) is 1.95. The predicted octanol–water partition coefficient (Wildman–Crippen LogP) is 4.31. The van der Waals surface area contributed by atoms with Crippen LogP contribution in [0, 0.1) is 0 Å². The first kappa shape index (κ1) is 19.3. The first-order chi connectivity index (χ1) is 11.6. The molecule has 2 aromatic rings. The lowest BCUT2D eigenvalue weighted by molar-refractivity contribution is -0.137. The molecule has 24 heavy (non-hydrogen) atoms. The molecular weight excluding hydrogens is 304 g/mol. The van der Waals surface area contributed by atoms with E-state index in [2.05, 4.69) is 0 Å². The van der Waals surface area contributed by atoms with Gasteiger partial charge in [0.2, 0.25) is 0 Å². The van der Waals surface area contributed by atoms with Crippen molar-refractivity contribution < 1.29 is 19.7 Å². The van der Waals surface area contributed by atoms with Crippen LogP contribution in [0.4, 0.5) is 0 Å². The van der Waals surface area contributed by atoms with Crippen molar-refractivity contribution >= 4 is 12.0 Å². The lowest BCUT2D eigenvalue weighted by Gasteiger charge is -2.02. The van der Waals surface area contributed by atoms with Gasteiger partial charge in [-0.3, -0.25) is 0 Å². The summed E-state index contributed by atoms with van der Waals surface area (Å²) in [6.07, 6.45) is 4.46. The van der Waals surface area contributed by atoms with Gasteiger partial charge in [-0.2, -0.15) is 0 Å². The number of phenols is 2. The Balaban J connectivity index is 0.00000139. The summed E-state index contributed by atoms with van der Waals surface area (Å²) in [5.41, 5.74) is 1.82. The maximum absolute atomic E-state index is 11.6. The molecule has 0 spiro atoms. The molecular formula is C20H24O4. The van der Waals surface area contributed by atoms with E-state index in [9.17, 15) is 15.0 Å². The number of phenolic OH excluding ortho intramolecular Hbond substituents is 2. The molecule has 128 valence electrons. The Bertz CT molecular complexity index is 648. The van der Waals surface area contributed by atoms with Crippen LogP contribution in [0.15, 0.2) is 54.6 Å². The second kappa shape index (κ2) is 10.9. The molecule has 4 heteroatoms. The highest BCUT2D eigenvalue weighted by Crippen LogP contribution is 2.25. The van der Waals surface area contributed by atoms with Crippen LogP contribution in [0.3, 0.4) is 0 Å². The number of hydrogen-bond acceptors (Lipinski definition) is 4. The van der Waals surface area contributed by atoms with Crippen LogP contribution in [0.1, 0.15) is 31.4 Å². The molecule has 0 amide bonds. The van der Waals surface area contributed by atoms with Gasteiger partial charge in [-0.15, -0.1) is 0 Å². The minimum Gasteiger partial charge on any atom is -0.504 e. The van der Waals surface area contributed by atoms with E-state index in [1.54, 1.807) is 6.07 Å². The summed E-state index contributed by atoms with van der Waals surface area (Å²) in [6, 6.07) is 14.3. The molecule has 0 saturated heterocycles. The number of aryl methyl sites for hydroxylation is 1. The summed E-state index contributed by atoms with van der Waals surface area (Å²) in [5, 5.41) is 18.5. The van der Waals surface area contributed by atoms with Gasteiger partial charge in [-0.05, 0) is 42.2 Å². The Morgan fingerprint density at radius 2 is 1.75 bits per heavy atom. The lowest BCUT2D eigenvalue weighted by atomic mass is 10.1. The minimum atomic E-state index is -0.430.